The van der Waals surface area contributed by atoms with Gasteiger partial charge < -0.3 is 9.47 Å². The van der Waals surface area contributed by atoms with Gasteiger partial charge >= 0.3 is 0 Å². The Hall–Kier alpha value is -2.60. The number of rotatable bonds is 2. The minimum atomic E-state index is -2.06. The second-order valence-electron chi connectivity index (χ2n) is 7.45. The first-order chi connectivity index (χ1) is 14.7. The molecule has 4 unspecified atom stereocenters. The van der Waals surface area contributed by atoms with E-state index in [1.54, 1.807) is 37.3 Å². The summed E-state index contributed by atoms with van der Waals surface area (Å²) in [6.45, 7) is 1.65. The average Bonchev–Trinajstić information content (AvgIpc) is 2.92. The van der Waals surface area contributed by atoms with Gasteiger partial charge in [-0.25, -0.2) is 0 Å². The predicted molar refractivity (Wildman–Crippen MR) is 116 cm³/mol. The molecule has 2 aromatic carbocycles. The number of ether oxygens (including phenoxy) is 2. The molecular formula is C22H13BrCl2N4O2. The second kappa shape index (κ2) is 7.23. The van der Waals surface area contributed by atoms with Crippen LogP contribution in [0, 0.1) is 56.2 Å². The molecule has 0 radical (unpaired) electrons. The molecule has 2 aliphatic rings. The molecule has 6 nitrogen and oxygen atoms in total. The molecule has 2 aliphatic heterocycles. The van der Waals surface area contributed by atoms with E-state index in [-0.39, 0.29) is 5.02 Å². The van der Waals surface area contributed by atoms with Crippen molar-refractivity contribution in [3.8, 4) is 18.2 Å². The lowest BCUT2D eigenvalue weighted by molar-refractivity contribution is -0.288. The maximum Gasteiger partial charge on any atom is 0.244 e. The first kappa shape index (κ1) is 21.6. The number of hydrogen-bond donors (Lipinski definition) is 1. The van der Waals surface area contributed by atoms with E-state index in [0.717, 1.165) is 4.47 Å². The zero-order valence-electron chi connectivity index (χ0n) is 16.0. The van der Waals surface area contributed by atoms with Gasteiger partial charge in [0.2, 0.25) is 17.1 Å². The van der Waals surface area contributed by atoms with Gasteiger partial charge in [0.25, 0.3) is 0 Å². The van der Waals surface area contributed by atoms with Gasteiger partial charge in [-0.3, -0.25) is 5.41 Å². The van der Waals surface area contributed by atoms with Crippen LogP contribution in [0.25, 0.3) is 0 Å². The highest BCUT2D eigenvalue weighted by molar-refractivity contribution is 9.10. The largest absolute Gasteiger partial charge is 0.443 e. The van der Waals surface area contributed by atoms with Crippen LogP contribution in [0.3, 0.4) is 0 Å². The van der Waals surface area contributed by atoms with Gasteiger partial charge in [-0.2, -0.15) is 15.8 Å². The summed E-state index contributed by atoms with van der Waals surface area (Å²) in [6.07, 6.45) is -1.24. The van der Waals surface area contributed by atoms with Crippen molar-refractivity contribution in [3.63, 3.8) is 0 Å². The summed E-state index contributed by atoms with van der Waals surface area (Å²) in [7, 11) is 0. The molecule has 2 bridgehead atoms. The fraction of sp³-hybridized carbons (Fsp3) is 0.273. The molecule has 2 heterocycles. The average molecular weight is 516 g/mol. The van der Waals surface area contributed by atoms with E-state index in [2.05, 4.69) is 22.0 Å². The van der Waals surface area contributed by atoms with Gasteiger partial charge in [0, 0.05) is 10.0 Å². The van der Waals surface area contributed by atoms with Gasteiger partial charge in [0.1, 0.15) is 6.10 Å². The summed E-state index contributed by atoms with van der Waals surface area (Å²) < 4.78 is 13.2. The monoisotopic (exact) mass is 514 g/mol. The van der Waals surface area contributed by atoms with Crippen molar-refractivity contribution in [2.24, 2.45) is 16.7 Å². The molecule has 2 fully saturated rings. The van der Waals surface area contributed by atoms with Crippen molar-refractivity contribution in [1.82, 2.24) is 0 Å². The zero-order valence-corrected chi connectivity index (χ0v) is 19.1. The van der Waals surface area contributed by atoms with Crippen molar-refractivity contribution in [2.75, 3.05) is 0 Å². The van der Waals surface area contributed by atoms with Gasteiger partial charge in [0.05, 0.1) is 34.2 Å². The van der Waals surface area contributed by atoms with E-state index in [1.807, 2.05) is 12.1 Å². The van der Waals surface area contributed by atoms with E-state index < -0.39 is 34.5 Å². The highest BCUT2D eigenvalue weighted by atomic mass is 79.9. The van der Waals surface area contributed by atoms with Crippen LogP contribution in [-0.4, -0.2) is 5.90 Å². The fourth-order valence-corrected chi connectivity index (χ4v) is 5.10. The lowest BCUT2D eigenvalue weighted by atomic mass is 9.53. The first-order valence-corrected chi connectivity index (χ1v) is 10.7. The first-order valence-electron chi connectivity index (χ1n) is 9.13. The Kier molecular flexibility index (Phi) is 5.04. The van der Waals surface area contributed by atoms with E-state index in [9.17, 15) is 15.8 Å². The number of nitriles is 3. The van der Waals surface area contributed by atoms with Crippen molar-refractivity contribution in [1.29, 1.82) is 21.2 Å². The maximum atomic E-state index is 10.3. The van der Waals surface area contributed by atoms with Crippen LogP contribution < -0.4 is 0 Å². The minimum Gasteiger partial charge on any atom is -0.443 e. The highest BCUT2D eigenvalue weighted by Crippen LogP contribution is 2.69. The SMILES string of the molecule is CC1C2(c3ccc(Br)cc3)OC(=N)C1(C#N)C(C#N)(C#N)C(c1ccc(Cl)c(Cl)c1)O2. The topological polar surface area (TPSA) is 114 Å². The molecule has 4 rings (SSSR count). The Morgan fingerprint density at radius 2 is 1.65 bits per heavy atom. The Bertz CT molecular complexity index is 1220. The maximum absolute atomic E-state index is 10.3. The number of nitrogens with zero attached hydrogens (tertiary/aromatic N) is 3. The molecule has 2 aromatic rings. The standard InChI is InChI=1S/C22H13BrCl2N4O2/c1-12-21(11-28)19(29)31-22(12,14-3-5-15(23)6-4-14)30-18(20(21,9-26)10-27)13-2-7-16(24)17(25)8-13/h2-8,12,18,29H,1H3. The molecule has 1 N–H and O–H groups in total. The number of fused-ring (bicyclic) bond motifs is 2. The molecule has 154 valence electrons. The molecule has 4 atom stereocenters. The van der Waals surface area contributed by atoms with E-state index >= 15 is 0 Å². The summed E-state index contributed by atoms with van der Waals surface area (Å²) in [6, 6.07) is 17.8. The third kappa shape index (κ3) is 2.60. The number of nitrogens with one attached hydrogen (secondary N) is 1. The molecule has 0 aromatic heterocycles. The van der Waals surface area contributed by atoms with E-state index in [4.69, 9.17) is 38.1 Å². The number of benzene rings is 2. The minimum absolute atomic E-state index is 0.207. The van der Waals surface area contributed by atoms with Crippen LogP contribution in [0.1, 0.15) is 24.2 Å². The lowest BCUT2D eigenvalue weighted by Crippen LogP contribution is -2.57. The molecule has 9 heteroatoms. The predicted octanol–water partition coefficient (Wildman–Crippen LogP) is 5.87. The van der Waals surface area contributed by atoms with Crippen LogP contribution in [-0.2, 0) is 15.3 Å². The molecule has 0 saturated carbocycles. The summed E-state index contributed by atoms with van der Waals surface area (Å²) in [5.41, 5.74) is -3.01. The summed E-state index contributed by atoms with van der Waals surface area (Å²) in [5, 5.41) is 39.8. The van der Waals surface area contributed by atoms with Crippen molar-refractivity contribution in [2.45, 2.75) is 18.8 Å². The summed E-state index contributed by atoms with van der Waals surface area (Å²) in [5.74, 6) is -2.87. The Morgan fingerprint density at radius 1 is 1.00 bits per heavy atom. The van der Waals surface area contributed by atoms with Gasteiger partial charge in [-0.15, -0.1) is 0 Å². The Balaban J connectivity index is 2.04. The molecular weight excluding hydrogens is 503 g/mol. The van der Waals surface area contributed by atoms with E-state index in [0.29, 0.717) is 16.1 Å². The van der Waals surface area contributed by atoms with Crippen LogP contribution in [0.4, 0.5) is 0 Å². The van der Waals surface area contributed by atoms with Crippen LogP contribution >= 0.6 is 39.1 Å². The van der Waals surface area contributed by atoms with E-state index in [1.165, 1.54) is 12.1 Å². The quantitative estimate of drug-likeness (QED) is 0.537. The third-order valence-electron chi connectivity index (χ3n) is 6.16. The molecule has 0 aliphatic carbocycles. The number of hydrogen-bond acceptors (Lipinski definition) is 6. The van der Waals surface area contributed by atoms with Gasteiger partial charge in [-0.1, -0.05) is 64.3 Å². The molecule has 2 saturated heterocycles. The van der Waals surface area contributed by atoms with Crippen LogP contribution in [0.2, 0.25) is 10.0 Å². The summed E-state index contributed by atoms with van der Waals surface area (Å²) >= 11 is 15.6. The second-order valence-corrected chi connectivity index (χ2v) is 9.18. The number of halogens is 3. The molecule has 31 heavy (non-hydrogen) atoms. The van der Waals surface area contributed by atoms with Crippen LogP contribution in [0.5, 0.6) is 0 Å². The Labute approximate surface area is 197 Å². The molecule has 0 spiro atoms. The molecule has 0 amide bonds. The normalized spacial score (nSPS) is 30.5. The van der Waals surface area contributed by atoms with Crippen molar-refractivity contribution < 1.29 is 9.47 Å². The summed E-state index contributed by atoms with van der Waals surface area (Å²) in [4.78, 5) is 0. The highest BCUT2D eigenvalue weighted by Gasteiger charge is 2.79. The van der Waals surface area contributed by atoms with Crippen molar-refractivity contribution >= 4 is 45.0 Å². The van der Waals surface area contributed by atoms with Gasteiger partial charge in [0.15, 0.2) is 5.41 Å². The lowest BCUT2D eigenvalue weighted by Gasteiger charge is -2.48. The third-order valence-corrected chi connectivity index (χ3v) is 7.43. The Morgan fingerprint density at radius 3 is 2.19 bits per heavy atom. The van der Waals surface area contributed by atoms with Crippen LogP contribution in [0.15, 0.2) is 46.9 Å². The zero-order chi connectivity index (χ0) is 22.6. The smallest absolute Gasteiger partial charge is 0.244 e. The fourth-order valence-electron chi connectivity index (χ4n) is 4.53. The van der Waals surface area contributed by atoms with Crippen molar-refractivity contribution in [3.05, 3.63) is 68.1 Å². The van der Waals surface area contributed by atoms with Gasteiger partial charge in [-0.05, 0) is 29.8 Å².